The average Bonchev–Trinajstić information content (AvgIpc) is 2.73. The average molecular weight is 369 g/mol. The maximum Gasteiger partial charge on any atom is 0.310 e. The fraction of sp³-hybridized carbons (Fsp3) is 0.263. The van der Waals surface area contributed by atoms with E-state index in [1.807, 2.05) is 0 Å². The van der Waals surface area contributed by atoms with E-state index >= 15 is 0 Å². The third-order valence-corrected chi connectivity index (χ3v) is 4.29. The van der Waals surface area contributed by atoms with E-state index in [0.29, 0.717) is 11.4 Å². The molecule has 1 aliphatic rings. The predicted molar refractivity (Wildman–Crippen MR) is 100.0 cm³/mol. The molecule has 1 atom stereocenters. The standard InChI is InChI=1S/C19H19N3O5/c1-12-7-8-16(22(25)26)17(9-12)27-11-19(24)21-13(2)10-18(23)20-14-5-3-4-6-15(14)21/h3-9,13H,10-11H2,1-2H3,(H,20,23)/t13-/m1/s1. The van der Waals surface area contributed by atoms with Gasteiger partial charge in [0, 0.05) is 18.5 Å². The molecule has 1 aliphatic heterocycles. The fourth-order valence-electron chi connectivity index (χ4n) is 3.06. The van der Waals surface area contributed by atoms with Crippen LogP contribution in [0.25, 0.3) is 0 Å². The van der Waals surface area contributed by atoms with E-state index in [4.69, 9.17) is 4.74 Å². The van der Waals surface area contributed by atoms with Crippen LogP contribution in [0.4, 0.5) is 17.1 Å². The highest BCUT2D eigenvalue weighted by molar-refractivity contribution is 6.04. The van der Waals surface area contributed by atoms with Crippen LogP contribution in [0.5, 0.6) is 5.75 Å². The molecular formula is C19H19N3O5. The number of hydrogen-bond acceptors (Lipinski definition) is 5. The molecule has 0 radical (unpaired) electrons. The van der Waals surface area contributed by atoms with Crippen molar-refractivity contribution < 1.29 is 19.2 Å². The van der Waals surface area contributed by atoms with Crippen molar-refractivity contribution in [3.63, 3.8) is 0 Å². The second-order valence-corrected chi connectivity index (χ2v) is 6.40. The summed E-state index contributed by atoms with van der Waals surface area (Å²) in [6, 6.07) is 11.1. The van der Waals surface area contributed by atoms with Gasteiger partial charge in [0.1, 0.15) is 0 Å². The molecule has 3 rings (SSSR count). The van der Waals surface area contributed by atoms with Gasteiger partial charge in [0.2, 0.25) is 5.91 Å². The molecule has 8 nitrogen and oxygen atoms in total. The maximum atomic E-state index is 12.9. The van der Waals surface area contributed by atoms with Crippen molar-refractivity contribution in [3.8, 4) is 5.75 Å². The van der Waals surface area contributed by atoms with E-state index in [-0.39, 0.29) is 42.3 Å². The number of hydrogen-bond donors (Lipinski definition) is 1. The summed E-state index contributed by atoms with van der Waals surface area (Å²) in [7, 11) is 0. The van der Waals surface area contributed by atoms with E-state index in [1.54, 1.807) is 44.2 Å². The topological polar surface area (TPSA) is 102 Å². The molecule has 27 heavy (non-hydrogen) atoms. The number of nitro benzene ring substituents is 1. The van der Waals surface area contributed by atoms with Gasteiger partial charge in [0.15, 0.2) is 12.4 Å². The Bertz CT molecular complexity index is 912. The van der Waals surface area contributed by atoms with Crippen molar-refractivity contribution in [3.05, 3.63) is 58.1 Å². The molecule has 2 aromatic carbocycles. The van der Waals surface area contributed by atoms with Gasteiger partial charge in [-0.1, -0.05) is 18.2 Å². The number of nitrogens with zero attached hydrogens (tertiary/aromatic N) is 2. The lowest BCUT2D eigenvalue weighted by molar-refractivity contribution is -0.385. The third kappa shape index (κ3) is 3.89. The molecule has 0 aromatic heterocycles. The number of benzene rings is 2. The first-order valence-electron chi connectivity index (χ1n) is 8.45. The number of fused-ring (bicyclic) bond motifs is 1. The number of carbonyl (C=O) groups excluding carboxylic acids is 2. The number of para-hydroxylation sites is 2. The van der Waals surface area contributed by atoms with Crippen molar-refractivity contribution in [2.45, 2.75) is 26.3 Å². The van der Waals surface area contributed by atoms with Gasteiger partial charge in [0.05, 0.1) is 16.3 Å². The minimum atomic E-state index is -0.550. The minimum Gasteiger partial charge on any atom is -0.477 e. The van der Waals surface area contributed by atoms with Crippen LogP contribution in [0.15, 0.2) is 42.5 Å². The van der Waals surface area contributed by atoms with Crippen LogP contribution in [0.3, 0.4) is 0 Å². The zero-order valence-electron chi connectivity index (χ0n) is 15.0. The largest absolute Gasteiger partial charge is 0.477 e. The number of nitro groups is 1. The number of aryl methyl sites for hydroxylation is 1. The summed E-state index contributed by atoms with van der Waals surface area (Å²) < 4.78 is 5.49. The SMILES string of the molecule is Cc1ccc([N+](=O)[O-])c(OCC(=O)N2c3ccccc3NC(=O)C[C@H]2C)c1. The lowest BCUT2D eigenvalue weighted by Gasteiger charge is -2.27. The van der Waals surface area contributed by atoms with Crippen molar-refractivity contribution in [2.75, 3.05) is 16.8 Å². The van der Waals surface area contributed by atoms with Crippen LogP contribution in [-0.2, 0) is 9.59 Å². The molecule has 0 spiro atoms. The zero-order valence-corrected chi connectivity index (χ0v) is 15.0. The second kappa shape index (κ2) is 7.45. The highest BCUT2D eigenvalue weighted by atomic mass is 16.6. The van der Waals surface area contributed by atoms with Gasteiger partial charge < -0.3 is 15.0 Å². The molecule has 1 heterocycles. The Hall–Kier alpha value is -3.42. The van der Waals surface area contributed by atoms with Gasteiger partial charge >= 0.3 is 5.69 Å². The monoisotopic (exact) mass is 369 g/mol. The molecule has 2 aromatic rings. The van der Waals surface area contributed by atoms with E-state index in [2.05, 4.69) is 5.32 Å². The van der Waals surface area contributed by atoms with E-state index < -0.39 is 4.92 Å². The first-order chi connectivity index (χ1) is 12.9. The minimum absolute atomic E-state index is 0.0401. The fourth-order valence-corrected chi connectivity index (χ4v) is 3.06. The van der Waals surface area contributed by atoms with Crippen LogP contribution in [0, 0.1) is 17.0 Å². The number of nitrogens with one attached hydrogen (secondary N) is 1. The van der Waals surface area contributed by atoms with Crippen molar-refractivity contribution in [2.24, 2.45) is 0 Å². The van der Waals surface area contributed by atoms with Crippen LogP contribution < -0.4 is 15.0 Å². The van der Waals surface area contributed by atoms with Crippen molar-refractivity contribution >= 4 is 28.9 Å². The second-order valence-electron chi connectivity index (χ2n) is 6.40. The predicted octanol–water partition coefficient (Wildman–Crippen LogP) is 3.05. The number of rotatable bonds is 4. The first kappa shape index (κ1) is 18.4. The molecule has 0 fully saturated rings. The highest BCUT2D eigenvalue weighted by Gasteiger charge is 2.30. The lowest BCUT2D eigenvalue weighted by Crippen LogP contribution is -2.41. The third-order valence-electron chi connectivity index (χ3n) is 4.29. The van der Waals surface area contributed by atoms with Gasteiger partial charge in [-0.2, -0.15) is 0 Å². The molecule has 0 saturated carbocycles. The van der Waals surface area contributed by atoms with Gasteiger partial charge in [-0.05, 0) is 37.6 Å². The van der Waals surface area contributed by atoms with E-state index in [1.165, 1.54) is 17.0 Å². The Kier molecular flexibility index (Phi) is 5.07. The van der Waals surface area contributed by atoms with Crippen LogP contribution in [0.2, 0.25) is 0 Å². The normalized spacial score (nSPS) is 16.1. The molecule has 140 valence electrons. The number of carbonyl (C=O) groups is 2. The van der Waals surface area contributed by atoms with Crippen molar-refractivity contribution in [1.29, 1.82) is 0 Å². The molecule has 0 bridgehead atoms. The number of amides is 2. The molecule has 0 saturated heterocycles. The number of anilines is 2. The van der Waals surface area contributed by atoms with E-state index in [0.717, 1.165) is 5.56 Å². The van der Waals surface area contributed by atoms with Crippen LogP contribution >= 0.6 is 0 Å². The molecule has 1 N–H and O–H groups in total. The smallest absolute Gasteiger partial charge is 0.310 e. The Morgan fingerprint density at radius 1 is 1.33 bits per heavy atom. The lowest BCUT2D eigenvalue weighted by atomic mass is 10.1. The highest BCUT2D eigenvalue weighted by Crippen LogP contribution is 2.32. The van der Waals surface area contributed by atoms with E-state index in [9.17, 15) is 19.7 Å². The quantitative estimate of drug-likeness (QED) is 0.659. The van der Waals surface area contributed by atoms with Crippen molar-refractivity contribution in [1.82, 2.24) is 0 Å². The summed E-state index contributed by atoms with van der Waals surface area (Å²) in [5, 5.41) is 13.9. The molecular weight excluding hydrogens is 350 g/mol. The molecule has 0 unspecified atom stereocenters. The summed E-state index contributed by atoms with van der Waals surface area (Å²) in [6.07, 6.45) is 0.144. The summed E-state index contributed by atoms with van der Waals surface area (Å²) in [4.78, 5) is 37.0. The maximum absolute atomic E-state index is 12.9. The van der Waals surface area contributed by atoms with Gasteiger partial charge in [-0.25, -0.2) is 0 Å². The Morgan fingerprint density at radius 3 is 2.81 bits per heavy atom. The first-order valence-corrected chi connectivity index (χ1v) is 8.45. The number of ether oxygens (including phenoxy) is 1. The Balaban J connectivity index is 1.85. The van der Waals surface area contributed by atoms with Gasteiger partial charge in [0.25, 0.3) is 5.91 Å². The Morgan fingerprint density at radius 2 is 2.07 bits per heavy atom. The Labute approximate surface area is 155 Å². The van der Waals surface area contributed by atoms with Gasteiger partial charge in [-0.15, -0.1) is 0 Å². The van der Waals surface area contributed by atoms with Crippen LogP contribution in [0.1, 0.15) is 18.9 Å². The summed E-state index contributed by atoms with van der Waals surface area (Å²) in [6.45, 7) is 3.18. The zero-order chi connectivity index (χ0) is 19.6. The summed E-state index contributed by atoms with van der Waals surface area (Å²) in [5.41, 5.74) is 1.70. The molecule has 0 aliphatic carbocycles. The van der Waals surface area contributed by atoms with Gasteiger partial charge in [-0.3, -0.25) is 19.7 Å². The van der Waals surface area contributed by atoms with Crippen LogP contribution in [-0.4, -0.2) is 29.4 Å². The summed E-state index contributed by atoms with van der Waals surface area (Å²) in [5.74, 6) is -0.527. The molecule has 8 heteroatoms. The summed E-state index contributed by atoms with van der Waals surface area (Å²) >= 11 is 0. The molecule has 2 amide bonds.